The summed E-state index contributed by atoms with van der Waals surface area (Å²) in [5, 5.41) is 0. The van der Waals surface area contributed by atoms with Crippen LogP contribution in [-0.4, -0.2) is 20.0 Å². The molecule has 2 saturated carbocycles. The molecule has 3 nitrogen and oxygen atoms in total. The van der Waals surface area contributed by atoms with Crippen molar-refractivity contribution < 1.29 is 14.3 Å². The normalized spacial score (nSPS) is 33.2. The lowest BCUT2D eigenvalue weighted by molar-refractivity contribution is -0.0624. The molecule has 1 unspecified atom stereocenters. The number of hydrogen-bond acceptors (Lipinski definition) is 3. The molecule has 0 aromatic heterocycles. The maximum Gasteiger partial charge on any atom is 0.167 e. The van der Waals surface area contributed by atoms with Gasteiger partial charge in [-0.25, -0.2) is 0 Å². The van der Waals surface area contributed by atoms with Gasteiger partial charge in [-0.1, -0.05) is 34.1 Å². The Bertz CT molecular complexity index is 776. The van der Waals surface area contributed by atoms with E-state index in [-0.39, 0.29) is 28.4 Å². The number of carbonyl (C=O) groups excluding carboxylic acids is 1. The first-order valence-corrected chi connectivity index (χ1v) is 10.6. The summed E-state index contributed by atoms with van der Waals surface area (Å²) >= 11 is 0. The van der Waals surface area contributed by atoms with E-state index in [0.29, 0.717) is 5.92 Å². The van der Waals surface area contributed by atoms with E-state index in [0.717, 1.165) is 29.7 Å². The van der Waals surface area contributed by atoms with E-state index in [4.69, 9.17) is 9.47 Å². The second kappa shape index (κ2) is 7.57. The fraction of sp³-hybridized carbons (Fsp3) is 0.640. The maximum atomic E-state index is 13.9. The molecule has 3 heteroatoms. The smallest absolute Gasteiger partial charge is 0.167 e. The summed E-state index contributed by atoms with van der Waals surface area (Å²) < 4.78 is 10.9. The molecule has 154 valence electrons. The van der Waals surface area contributed by atoms with Crippen molar-refractivity contribution in [3.8, 4) is 5.75 Å². The van der Waals surface area contributed by atoms with Gasteiger partial charge >= 0.3 is 0 Å². The number of ether oxygens (including phenoxy) is 2. The molecule has 0 heterocycles. The third-order valence-electron chi connectivity index (χ3n) is 7.63. The van der Waals surface area contributed by atoms with Crippen LogP contribution in [0, 0.1) is 35.5 Å². The summed E-state index contributed by atoms with van der Waals surface area (Å²) in [6, 6.07) is 5.90. The molecule has 0 amide bonds. The van der Waals surface area contributed by atoms with Crippen molar-refractivity contribution in [3.63, 3.8) is 0 Å². The lowest BCUT2D eigenvalue weighted by atomic mass is 9.45. The lowest BCUT2D eigenvalue weighted by Gasteiger charge is -2.59. The highest BCUT2D eigenvalue weighted by atomic mass is 16.5. The Kier molecular flexibility index (Phi) is 5.67. The van der Waals surface area contributed by atoms with E-state index >= 15 is 0 Å². The molecular weight excluding hydrogens is 348 g/mol. The van der Waals surface area contributed by atoms with Gasteiger partial charge in [-0.2, -0.15) is 0 Å². The first-order chi connectivity index (χ1) is 13.1. The van der Waals surface area contributed by atoms with Gasteiger partial charge in [-0.15, -0.1) is 0 Å². The molecule has 3 rings (SSSR count). The number of allylic oxidation sites excluding steroid dienone is 1. The highest BCUT2D eigenvalue weighted by Gasteiger charge is 2.57. The number of methoxy groups -OCH3 is 2. The lowest BCUT2D eigenvalue weighted by Crippen LogP contribution is -2.54. The van der Waals surface area contributed by atoms with Gasteiger partial charge in [0.05, 0.1) is 20.5 Å². The third kappa shape index (κ3) is 3.49. The Morgan fingerprint density at radius 1 is 1.14 bits per heavy atom. The summed E-state index contributed by atoms with van der Waals surface area (Å²) in [7, 11) is 3.37. The van der Waals surface area contributed by atoms with Gasteiger partial charge in [0.1, 0.15) is 5.75 Å². The number of fused-ring (bicyclic) bond motifs is 1. The van der Waals surface area contributed by atoms with Crippen LogP contribution in [0.15, 0.2) is 30.0 Å². The summed E-state index contributed by atoms with van der Waals surface area (Å²) in [5.74, 6) is 1.62. The van der Waals surface area contributed by atoms with Gasteiger partial charge in [0.2, 0.25) is 0 Å². The molecule has 0 saturated heterocycles. The minimum absolute atomic E-state index is 0.000310. The second-order valence-corrected chi connectivity index (χ2v) is 9.90. The van der Waals surface area contributed by atoms with E-state index in [1.165, 1.54) is 18.4 Å². The summed E-state index contributed by atoms with van der Waals surface area (Å²) in [6.07, 6.45) is 6.45. The molecule has 0 radical (unpaired) electrons. The Balaban J connectivity index is 2.11. The van der Waals surface area contributed by atoms with Crippen molar-refractivity contribution in [3.05, 3.63) is 41.2 Å². The van der Waals surface area contributed by atoms with E-state index in [2.05, 4.69) is 27.7 Å². The van der Waals surface area contributed by atoms with Crippen LogP contribution >= 0.6 is 0 Å². The Labute approximate surface area is 170 Å². The molecule has 2 aliphatic carbocycles. The highest BCUT2D eigenvalue weighted by Crippen LogP contribution is 2.62. The number of Topliss-reactive ketones (excluding diaryl/α,β-unsaturated/α-hetero) is 1. The summed E-state index contributed by atoms with van der Waals surface area (Å²) in [4.78, 5) is 13.9. The Morgan fingerprint density at radius 3 is 2.50 bits per heavy atom. The maximum absolute atomic E-state index is 13.9. The fourth-order valence-electron chi connectivity index (χ4n) is 6.28. The topological polar surface area (TPSA) is 35.5 Å². The molecule has 0 N–H and O–H groups in total. The average Bonchev–Trinajstić information content (AvgIpc) is 2.62. The Hall–Kier alpha value is -1.77. The van der Waals surface area contributed by atoms with E-state index in [1.807, 2.05) is 31.4 Å². The summed E-state index contributed by atoms with van der Waals surface area (Å²) in [6.45, 7) is 11.4. The van der Waals surface area contributed by atoms with Crippen LogP contribution in [0.4, 0.5) is 0 Å². The molecule has 0 spiro atoms. The van der Waals surface area contributed by atoms with Crippen LogP contribution in [0.1, 0.15) is 69.3 Å². The van der Waals surface area contributed by atoms with Crippen molar-refractivity contribution in [2.24, 2.45) is 28.6 Å². The molecule has 0 aliphatic heterocycles. The molecule has 1 aromatic rings. The predicted octanol–water partition coefficient (Wildman–Crippen LogP) is 6.21. The number of aryl methyl sites for hydroxylation is 1. The molecular formula is C25H36O3. The predicted molar refractivity (Wildman–Crippen MR) is 114 cm³/mol. The van der Waals surface area contributed by atoms with Crippen molar-refractivity contribution in [2.75, 3.05) is 14.2 Å². The largest absolute Gasteiger partial charge is 0.504 e. The van der Waals surface area contributed by atoms with E-state index < -0.39 is 0 Å². The number of rotatable bonds is 4. The van der Waals surface area contributed by atoms with Crippen LogP contribution in [-0.2, 0) is 4.74 Å². The average molecular weight is 385 g/mol. The van der Waals surface area contributed by atoms with Gasteiger partial charge in [0, 0.05) is 11.5 Å². The van der Waals surface area contributed by atoms with Crippen LogP contribution in [0.2, 0.25) is 0 Å². The molecule has 0 bridgehead atoms. The fourth-order valence-corrected chi connectivity index (χ4v) is 6.28. The first-order valence-electron chi connectivity index (χ1n) is 10.6. The SMILES string of the molecule is COC=C1C[C@H]2C(C)(C)CCC[C@]2(C)[C@@H](C(=O)c2cc(C)cc(OC)c2)C1C. The van der Waals surface area contributed by atoms with Crippen molar-refractivity contribution in [2.45, 2.75) is 60.3 Å². The minimum atomic E-state index is -0.0428. The van der Waals surface area contributed by atoms with E-state index in [9.17, 15) is 4.79 Å². The number of ketones is 1. The van der Waals surface area contributed by atoms with Gasteiger partial charge in [-0.3, -0.25) is 4.79 Å². The van der Waals surface area contributed by atoms with Gasteiger partial charge < -0.3 is 9.47 Å². The molecule has 2 aliphatic rings. The van der Waals surface area contributed by atoms with E-state index in [1.54, 1.807) is 14.2 Å². The molecule has 1 aromatic carbocycles. The van der Waals surface area contributed by atoms with Crippen molar-refractivity contribution in [1.29, 1.82) is 0 Å². The Morgan fingerprint density at radius 2 is 1.86 bits per heavy atom. The highest BCUT2D eigenvalue weighted by molar-refractivity contribution is 5.99. The van der Waals surface area contributed by atoms with Gasteiger partial charge in [0.15, 0.2) is 5.78 Å². The number of hydrogen-bond donors (Lipinski definition) is 0. The zero-order valence-corrected chi connectivity index (χ0v) is 18.6. The minimum Gasteiger partial charge on any atom is -0.504 e. The standard InChI is InChI=1S/C25H36O3/c1-16-11-18(13-20(12-16)28-7)23(26)22-17(2)19(15-27-6)14-21-24(3,4)9-8-10-25(21,22)5/h11-13,15,17,21-22H,8-10,14H2,1-7H3/t17?,21-,22+,25-/m0/s1. The van der Waals surface area contributed by atoms with Gasteiger partial charge in [0.25, 0.3) is 0 Å². The van der Waals surface area contributed by atoms with Crippen molar-refractivity contribution in [1.82, 2.24) is 0 Å². The van der Waals surface area contributed by atoms with Crippen LogP contribution in [0.5, 0.6) is 5.75 Å². The molecule has 28 heavy (non-hydrogen) atoms. The summed E-state index contributed by atoms with van der Waals surface area (Å²) in [5.41, 5.74) is 3.33. The van der Waals surface area contributed by atoms with Crippen molar-refractivity contribution >= 4 is 5.78 Å². The monoisotopic (exact) mass is 384 g/mol. The number of benzene rings is 1. The zero-order valence-electron chi connectivity index (χ0n) is 18.6. The molecule has 4 atom stereocenters. The third-order valence-corrected chi connectivity index (χ3v) is 7.63. The van der Waals surface area contributed by atoms with Crippen LogP contribution in [0.3, 0.4) is 0 Å². The van der Waals surface area contributed by atoms with Crippen LogP contribution < -0.4 is 4.74 Å². The zero-order chi connectivity index (χ0) is 20.7. The number of carbonyl (C=O) groups is 1. The second-order valence-electron chi connectivity index (χ2n) is 9.90. The first kappa shape index (κ1) is 21.0. The van der Waals surface area contributed by atoms with Crippen LogP contribution in [0.25, 0.3) is 0 Å². The molecule has 2 fully saturated rings. The quantitative estimate of drug-likeness (QED) is 0.457. The van der Waals surface area contributed by atoms with Gasteiger partial charge in [-0.05, 0) is 78.2 Å².